The molecule has 0 radical (unpaired) electrons. The summed E-state index contributed by atoms with van der Waals surface area (Å²) in [5, 5.41) is 18.1. The van der Waals surface area contributed by atoms with E-state index in [-0.39, 0.29) is 24.0 Å². The maximum Gasteiger partial charge on any atom is 0.191 e. The zero-order valence-electron chi connectivity index (χ0n) is 17.2. The second-order valence-electron chi connectivity index (χ2n) is 7.19. The summed E-state index contributed by atoms with van der Waals surface area (Å²) >= 11 is 1.90. The molecule has 1 atom stereocenters. The van der Waals surface area contributed by atoms with Gasteiger partial charge in [0, 0.05) is 30.9 Å². The van der Waals surface area contributed by atoms with Crippen LogP contribution < -0.4 is 10.6 Å². The predicted molar refractivity (Wildman–Crippen MR) is 132 cm³/mol. The van der Waals surface area contributed by atoms with Gasteiger partial charge in [-0.2, -0.15) is 0 Å². The topological polar surface area (TPSA) is 69.5 Å². The second kappa shape index (κ2) is 13.2. The molecule has 0 saturated carbocycles. The monoisotopic (exact) mass is 528 g/mol. The van der Waals surface area contributed by atoms with Crippen LogP contribution in [0, 0.1) is 0 Å². The summed E-state index contributed by atoms with van der Waals surface area (Å²) in [6.07, 6.45) is 7.20. The summed E-state index contributed by atoms with van der Waals surface area (Å²) in [6.45, 7) is 4.35. The number of nitrogens with one attached hydrogen (secondary N) is 2. The minimum Gasteiger partial charge on any atom is -0.388 e. The molecule has 29 heavy (non-hydrogen) atoms. The minimum absolute atomic E-state index is 0. The van der Waals surface area contributed by atoms with Gasteiger partial charge in [0.05, 0.1) is 16.8 Å². The average molecular weight is 529 g/mol. The van der Waals surface area contributed by atoms with E-state index in [1.807, 2.05) is 41.7 Å². The van der Waals surface area contributed by atoms with Crippen LogP contribution in [0.25, 0.3) is 0 Å². The van der Waals surface area contributed by atoms with Crippen molar-refractivity contribution in [3.63, 3.8) is 0 Å². The molecular weight excluding hydrogens is 495 g/mol. The van der Waals surface area contributed by atoms with Gasteiger partial charge in [-0.3, -0.25) is 4.99 Å². The fraction of sp³-hybridized carbons (Fsp3) is 0.545. The number of hydrogen-bond donors (Lipinski definition) is 3. The molecule has 0 spiro atoms. The first kappa shape index (κ1) is 24.1. The zero-order valence-corrected chi connectivity index (χ0v) is 20.3. The molecule has 1 aromatic heterocycles. The number of aliphatic imine (C=N–C) groups is 1. The Morgan fingerprint density at radius 2 is 2.00 bits per heavy atom. The molecule has 0 fully saturated rings. The number of fused-ring (bicyclic) bond motifs is 1. The van der Waals surface area contributed by atoms with Gasteiger partial charge < -0.3 is 15.7 Å². The van der Waals surface area contributed by atoms with Crippen molar-refractivity contribution in [3.05, 3.63) is 51.5 Å². The van der Waals surface area contributed by atoms with Crippen molar-refractivity contribution in [2.24, 2.45) is 4.99 Å². The molecule has 1 aromatic carbocycles. The number of guanidine groups is 1. The van der Waals surface area contributed by atoms with Crippen LogP contribution in [0.4, 0.5) is 0 Å². The van der Waals surface area contributed by atoms with E-state index in [9.17, 15) is 5.11 Å². The van der Waals surface area contributed by atoms with Crippen molar-refractivity contribution in [2.45, 2.75) is 58.0 Å². The Kier molecular flexibility index (Phi) is 10.9. The Bertz CT molecular complexity index is 727. The standard InChI is InChI=1S/C22H32N4OS.HI/c1-2-23-22(25-16-14-19(27)17-9-4-3-5-10-17)24-15-8-13-21-26-18-11-6-7-12-20(18)28-21;/h3-5,9-10,19,27H,2,6-8,11-16H2,1H3,(H2,23,24,25);1H. The van der Waals surface area contributed by atoms with Gasteiger partial charge in [-0.25, -0.2) is 4.98 Å². The highest BCUT2D eigenvalue weighted by Crippen LogP contribution is 2.27. The quantitative estimate of drug-likeness (QED) is 0.197. The molecule has 3 rings (SSSR count). The van der Waals surface area contributed by atoms with E-state index in [4.69, 9.17) is 4.98 Å². The van der Waals surface area contributed by atoms with Gasteiger partial charge in [0.25, 0.3) is 0 Å². The second-order valence-corrected chi connectivity index (χ2v) is 8.36. The summed E-state index contributed by atoms with van der Waals surface area (Å²) in [5.41, 5.74) is 2.30. The zero-order chi connectivity index (χ0) is 19.6. The van der Waals surface area contributed by atoms with Crippen molar-refractivity contribution < 1.29 is 5.11 Å². The number of hydrogen-bond acceptors (Lipinski definition) is 4. The fourth-order valence-corrected chi connectivity index (χ4v) is 4.64. The molecule has 2 aromatic rings. The van der Waals surface area contributed by atoms with E-state index in [0.29, 0.717) is 13.0 Å². The number of halogens is 1. The molecular formula is C22H33IN4OS. The predicted octanol–water partition coefficient (Wildman–Crippen LogP) is 4.25. The maximum absolute atomic E-state index is 10.3. The number of aliphatic hydroxyl groups excluding tert-OH is 1. The third kappa shape index (κ3) is 7.86. The number of aliphatic hydroxyl groups is 1. The van der Waals surface area contributed by atoms with Crippen LogP contribution in [0.2, 0.25) is 0 Å². The lowest BCUT2D eigenvalue weighted by atomic mass is 10.0. The molecule has 0 aliphatic heterocycles. The van der Waals surface area contributed by atoms with Crippen molar-refractivity contribution in [3.8, 4) is 0 Å². The summed E-state index contributed by atoms with van der Waals surface area (Å²) < 4.78 is 0. The van der Waals surface area contributed by atoms with Crippen LogP contribution in [0.1, 0.15) is 59.9 Å². The first-order valence-corrected chi connectivity index (χ1v) is 11.3. The average Bonchev–Trinajstić information content (AvgIpc) is 3.14. The molecule has 1 unspecified atom stereocenters. The maximum atomic E-state index is 10.3. The Balaban J connectivity index is 0.00000300. The summed E-state index contributed by atoms with van der Waals surface area (Å²) in [5.74, 6) is 0.821. The summed E-state index contributed by atoms with van der Waals surface area (Å²) in [4.78, 5) is 11.0. The number of thiazole rings is 1. The summed E-state index contributed by atoms with van der Waals surface area (Å²) in [7, 11) is 0. The third-order valence-electron chi connectivity index (χ3n) is 4.95. The highest BCUT2D eigenvalue weighted by atomic mass is 127. The molecule has 3 N–H and O–H groups in total. The van der Waals surface area contributed by atoms with E-state index >= 15 is 0 Å². The molecule has 5 nitrogen and oxygen atoms in total. The Labute approximate surface area is 195 Å². The van der Waals surface area contributed by atoms with Crippen molar-refractivity contribution >= 4 is 41.3 Å². The lowest BCUT2D eigenvalue weighted by molar-refractivity contribution is 0.168. The van der Waals surface area contributed by atoms with Gasteiger partial charge in [-0.15, -0.1) is 35.3 Å². The number of aryl methyl sites for hydroxylation is 3. The fourth-order valence-electron chi connectivity index (χ4n) is 3.44. The number of nitrogens with zero attached hydrogens (tertiary/aromatic N) is 2. The van der Waals surface area contributed by atoms with E-state index in [1.54, 1.807) is 0 Å². The lowest BCUT2D eigenvalue weighted by Gasteiger charge is -2.14. The smallest absolute Gasteiger partial charge is 0.191 e. The molecule has 1 aliphatic carbocycles. The van der Waals surface area contributed by atoms with Gasteiger partial charge in [-0.05, 0) is 51.0 Å². The van der Waals surface area contributed by atoms with E-state index in [1.165, 1.54) is 34.8 Å². The van der Waals surface area contributed by atoms with Crippen LogP contribution >= 0.6 is 35.3 Å². The van der Waals surface area contributed by atoms with Crippen LogP contribution in [0.5, 0.6) is 0 Å². The Hall–Kier alpha value is -1.19. The molecule has 1 heterocycles. The first-order chi connectivity index (χ1) is 13.8. The van der Waals surface area contributed by atoms with Gasteiger partial charge in [-0.1, -0.05) is 30.3 Å². The lowest BCUT2D eigenvalue weighted by Crippen LogP contribution is -2.38. The molecule has 0 bridgehead atoms. The molecule has 7 heteroatoms. The van der Waals surface area contributed by atoms with Gasteiger partial charge in [0.1, 0.15) is 0 Å². The number of aromatic nitrogens is 1. The normalized spacial score (nSPS) is 14.6. The SMILES string of the molecule is CCNC(=NCCCc1nc2c(s1)CCCC2)NCCC(O)c1ccccc1.I. The Morgan fingerprint density at radius 3 is 2.76 bits per heavy atom. The van der Waals surface area contributed by atoms with E-state index < -0.39 is 6.10 Å². The minimum atomic E-state index is -0.451. The van der Waals surface area contributed by atoms with E-state index in [0.717, 1.165) is 43.9 Å². The van der Waals surface area contributed by atoms with E-state index in [2.05, 4.69) is 22.5 Å². The number of benzene rings is 1. The van der Waals surface area contributed by atoms with Crippen LogP contribution in [0.3, 0.4) is 0 Å². The molecule has 0 saturated heterocycles. The highest BCUT2D eigenvalue weighted by molar-refractivity contribution is 14.0. The van der Waals surface area contributed by atoms with Crippen LogP contribution in [0.15, 0.2) is 35.3 Å². The van der Waals surface area contributed by atoms with Crippen molar-refractivity contribution in [2.75, 3.05) is 19.6 Å². The van der Waals surface area contributed by atoms with Gasteiger partial charge in [0.2, 0.25) is 0 Å². The van der Waals surface area contributed by atoms with Crippen molar-refractivity contribution in [1.29, 1.82) is 0 Å². The molecule has 160 valence electrons. The molecule has 1 aliphatic rings. The third-order valence-corrected chi connectivity index (χ3v) is 6.16. The number of rotatable bonds is 9. The van der Waals surface area contributed by atoms with Crippen LogP contribution in [-0.2, 0) is 19.3 Å². The van der Waals surface area contributed by atoms with Crippen molar-refractivity contribution in [1.82, 2.24) is 15.6 Å². The summed E-state index contributed by atoms with van der Waals surface area (Å²) in [6, 6.07) is 9.79. The Morgan fingerprint density at radius 1 is 1.21 bits per heavy atom. The van der Waals surface area contributed by atoms with Gasteiger partial charge in [0.15, 0.2) is 5.96 Å². The molecule has 0 amide bonds. The first-order valence-electron chi connectivity index (χ1n) is 10.5. The highest BCUT2D eigenvalue weighted by Gasteiger charge is 2.14. The largest absolute Gasteiger partial charge is 0.388 e. The van der Waals surface area contributed by atoms with Crippen LogP contribution in [-0.4, -0.2) is 35.7 Å². The van der Waals surface area contributed by atoms with Gasteiger partial charge >= 0.3 is 0 Å².